The smallest absolute Gasteiger partial charge is 0.248 e. The Morgan fingerprint density at radius 2 is 1.97 bits per heavy atom. The molecule has 0 unspecified atom stereocenters. The lowest BCUT2D eigenvalue weighted by Gasteiger charge is -2.19. The first-order chi connectivity index (χ1) is 18.0. The van der Waals surface area contributed by atoms with Crippen molar-refractivity contribution in [1.82, 2.24) is 9.88 Å². The van der Waals surface area contributed by atoms with Crippen LogP contribution >= 0.6 is 0 Å². The molecule has 1 heterocycles. The van der Waals surface area contributed by atoms with E-state index in [1.54, 1.807) is 38.5 Å². The summed E-state index contributed by atoms with van der Waals surface area (Å²) in [6.07, 6.45) is 10.1. The number of benzene rings is 2. The van der Waals surface area contributed by atoms with Crippen molar-refractivity contribution in [2.45, 2.75) is 0 Å². The van der Waals surface area contributed by atoms with Crippen LogP contribution in [0.15, 0.2) is 54.7 Å². The number of aromatic hydroxyl groups is 1. The Kier molecular flexibility index (Phi) is 10.0. The zero-order chi connectivity index (χ0) is 26.6. The number of methoxy groups -OCH3 is 2. The summed E-state index contributed by atoms with van der Waals surface area (Å²) < 4.78 is 10.3. The van der Waals surface area contributed by atoms with E-state index in [9.17, 15) is 15.2 Å². The molecule has 0 aliphatic carbocycles. The molecular formula is C28H29N5O4. The number of amides is 1. The minimum absolute atomic E-state index is 0.145. The van der Waals surface area contributed by atoms with Gasteiger partial charge in [0, 0.05) is 68.8 Å². The van der Waals surface area contributed by atoms with E-state index in [0.717, 1.165) is 0 Å². The predicted octanol–water partition coefficient (Wildman–Crippen LogP) is 3.63. The fourth-order valence-electron chi connectivity index (χ4n) is 3.60. The first-order valence-corrected chi connectivity index (χ1v) is 11.6. The summed E-state index contributed by atoms with van der Waals surface area (Å²) in [4.78, 5) is 19.0. The standard InChI is InChI=1S/C28H29N5O4/c1-4-20-7-5-8-22(15-20)31-28-21(18-29)19-30-24-17-26(34)25(16-23(24)28)32-27(35)9-6-10-33(11-13-36-2)12-14-37-3/h1,5-9,15-17,19,34H,10-14H2,2-3H3,(H,30,31)(H,32,35)/b9-6+. The topological polar surface area (TPSA) is 120 Å². The Bertz CT molecular complexity index is 1350. The second kappa shape index (κ2) is 13.6. The monoisotopic (exact) mass is 499 g/mol. The number of nitrogens with zero attached hydrogens (tertiary/aromatic N) is 3. The molecule has 0 saturated carbocycles. The fraction of sp³-hybridized carbons (Fsp3) is 0.250. The highest BCUT2D eigenvalue weighted by molar-refractivity contribution is 6.04. The quantitative estimate of drug-likeness (QED) is 0.196. The maximum atomic E-state index is 12.6. The second-order valence-corrected chi connectivity index (χ2v) is 8.07. The van der Waals surface area contributed by atoms with Crippen molar-refractivity contribution in [3.05, 3.63) is 65.9 Å². The number of aromatic nitrogens is 1. The molecule has 0 atom stereocenters. The first kappa shape index (κ1) is 27.2. The third-order valence-corrected chi connectivity index (χ3v) is 5.52. The molecular weight excluding hydrogens is 470 g/mol. The Morgan fingerprint density at radius 3 is 2.65 bits per heavy atom. The molecule has 0 radical (unpaired) electrons. The molecule has 0 bridgehead atoms. The van der Waals surface area contributed by atoms with Gasteiger partial charge in [-0.25, -0.2) is 0 Å². The molecule has 3 rings (SSSR count). The van der Waals surface area contributed by atoms with E-state index in [1.165, 1.54) is 18.3 Å². The normalized spacial score (nSPS) is 10.9. The van der Waals surface area contributed by atoms with Crippen LogP contribution in [0.3, 0.4) is 0 Å². The van der Waals surface area contributed by atoms with E-state index < -0.39 is 5.91 Å². The molecule has 0 aliphatic rings. The van der Waals surface area contributed by atoms with E-state index in [1.807, 2.05) is 12.1 Å². The number of hydrogen-bond acceptors (Lipinski definition) is 8. The summed E-state index contributed by atoms with van der Waals surface area (Å²) in [5, 5.41) is 26.7. The zero-order valence-corrected chi connectivity index (χ0v) is 20.8. The number of carbonyl (C=O) groups excluding carboxylic acids is 1. The second-order valence-electron chi connectivity index (χ2n) is 8.07. The van der Waals surface area contributed by atoms with Crippen LogP contribution < -0.4 is 10.6 Å². The largest absolute Gasteiger partial charge is 0.506 e. The van der Waals surface area contributed by atoms with Gasteiger partial charge in [0.25, 0.3) is 0 Å². The van der Waals surface area contributed by atoms with Gasteiger partial charge in [-0.3, -0.25) is 14.7 Å². The number of rotatable bonds is 12. The number of anilines is 3. The third-order valence-electron chi connectivity index (χ3n) is 5.52. The van der Waals surface area contributed by atoms with Gasteiger partial charge in [-0.05, 0) is 24.3 Å². The van der Waals surface area contributed by atoms with E-state index >= 15 is 0 Å². The van der Waals surface area contributed by atoms with Gasteiger partial charge < -0.3 is 25.2 Å². The lowest BCUT2D eigenvalue weighted by Crippen LogP contribution is -2.31. The summed E-state index contributed by atoms with van der Waals surface area (Å²) in [6, 6.07) is 12.4. The molecule has 0 spiro atoms. The van der Waals surface area contributed by atoms with Crippen LogP contribution in [-0.4, -0.2) is 68.0 Å². The highest BCUT2D eigenvalue weighted by atomic mass is 16.5. The van der Waals surface area contributed by atoms with Crippen LogP contribution in [0.4, 0.5) is 17.1 Å². The lowest BCUT2D eigenvalue weighted by atomic mass is 10.1. The number of pyridine rings is 1. The summed E-state index contributed by atoms with van der Waals surface area (Å²) >= 11 is 0. The molecule has 3 aromatic rings. The highest BCUT2D eigenvalue weighted by Gasteiger charge is 2.14. The summed E-state index contributed by atoms with van der Waals surface area (Å²) in [5.41, 5.74) is 2.80. The van der Waals surface area contributed by atoms with Gasteiger partial charge in [-0.15, -0.1) is 6.42 Å². The summed E-state index contributed by atoms with van der Waals surface area (Å²) in [6.45, 7) is 3.06. The maximum absolute atomic E-state index is 12.6. The van der Waals surface area contributed by atoms with Gasteiger partial charge >= 0.3 is 0 Å². The fourth-order valence-corrected chi connectivity index (χ4v) is 3.60. The maximum Gasteiger partial charge on any atom is 0.248 e. The lowest BCUT2D eigenvalue weighted by molar-refractivity contribution is -0.111. The molecule has 37 heavy (non-hydrogen) atoms. The van der Waals surface area contributed by atoms with Gasteiger partial charge in [0.05, 0.1) is 35.7 Å². The molecule has 0 aliphatic heterocycles. The average Bonchev–Trinajstić information content (AvgIpc) is 2.90. The number of nitrogens with one attached hydrogen (secondary N) is 2. The summed E-state index contributed by atoms with van der Waals surface area (Å²) in [7, 11) is 3.27. The SMILES string of the molecule is C#Cc1cccc(Nc2c(C#N)cnc3cc(O)c(NC(=O)/C=C/CN(CCOC)CCOC)cc23)c1. The molecule has 190 valence electrons. The Hall–Kier alpha value is -4.41. The molecule has 9 heteroatoms. The van der Waals surface area contributed by atoms with Crippen molar-refractivity contribution >= 4 is 33.9 Å². The molecule has 9 nitrogen and oxygen atoms in total. The zero-order valence-electron chi connectivity index (χ0n) is 20.8. The van der Waals surface area contributed by atoms with Crippen molar-refractivity contribution < 1.29 is 19.4 Å². The Labute approximate surface area is 216 Å². The number of ether oxygens (including phenoxy) is 2. The molecule has 3 N–H and O–H groups in total. The number of phenolic OH excluding ortho intramolecular Hbond substituents is 1. The van der Waals surface area contributed by atoms with E-state index in [4.69, 9.17) is 15.9 Å². The van der Waals surface area contributed by atoms with Crippen molar-refractivity contribution in [1.29, 1.82) is 5.26 Å². The van der Waals surface area contributed by atoms with Crippen LogP contribution in [0.2, 0.25) is 0 Å². The minimum atomic E-state index is -0.409. The predicted molar refractivity (Wildman–Crippen MR) is 144 cm³/mol. The van der Waals surface area contributed by atoms with Crippen LogP contribution in [0, 0.1) is 23.7 Å². The number of terminal acetylenes is 1. The first-order valence-electron chi connectivity index (χ1n) is 11.6. The molecule has 1 aromatic heterocycles. The third kappa shape index (κ3) is 7.53. The number of fused-ring (bicyclic) bond motifs is 1. The number of carbonyl (C=O) groups is 1. The van der Waals surface area contributed by atoms with Gasteiger partial charge in [0.2, 0.25) is 5.91 Å². The average molecular weight is 500 g/mol. The van der Waals surface area contributed by atoms with Crippen LogP contribution in [0.1, 0.15) is 11.1 Å². The van der Waals surface area contributed by atoms with E-state index in [-0.39, 0.29) is 11.4 Å². The van der Waals surface area contributed by atoms with E-state index in [2.05, 4.69) is 32.5 Å². The van der Waals surface area contributed by atoms with E-state index in [0.29, 0.717) is 66.3 Å². The molecule has 1 amide bonds. The van der Waals surface area contributed by atoms with Crippen LogP contribution in [-0.2, 0) is 14.3 Å². The minimum Gasteiger partial charge on any atom is -0.506 e. The van der Waals surface area contributed by atoms with Crippen molar-refractivity contribution in [2.24, 2.45) is 0 Å². The van der Waals surface area contributed by atoms with Gasteiger partial charge in [0.1, 0.15) is 11.8 Å². The van der Waals surface area contributed by atoms with Crippen LogP contribution in [0.25, 0.3) is 10.9 Å². The van der Waals surface area contributed by atoms with Gasteiger partial charge in [-0.2, -0.15) is 5.26 Å². The van der Waals surface area contributed by atoms with Crippen LogP contribution in [0.5, 0.6) is 5.75 Å². The molecule has 0 saturated heterocycles. The van der Waals surface area contributed by atoms with Gasteiger partial charge in [0.15, 0.2) is 0 Å². The molecule has 2 aromatic carbocycles. The van der Waals surface area contributed by atoms with Crippen molar-refractivity contribution in [3.63, 3.8) is 0 Å². The number of nitriles is 1. The van der Waals surface area contributed by atoms with Gasteiger partial charge in [-0.1, -0.05) is 18.1 Å². The van der Waals surface area contributed by atoms with Crippen molar-refractivity contribution in [2.75, 3.05) is 57.7 Å². The molecule has 0 fully saturated rings. The van der Waals surface area contributed by atoms with Crippen molar-refractivity contribution in [3.8, 4) is 24.2 Å². The Morgan fingerprint density at radius 1 is 1.22 bits per heavy atom. The number of hydrogen-bond donors (Lipinski definition) is 3. The summed E-state index contributed by atoms with van der Waals surface area (Å²) in [5.74, 6) is 2.03. The number of phenols is 1. The highest BCUT2D eigenvalue weighted by Crippen LogP contribution is 2.35. The Balaban J connectivity index is 1.83.